The molecule has 0 amide bonds. The van der Waals surface area contributed by atoms with Crippen LogP contribution in [0.3, 0.4) is 0 Å². The van der Waals surface area contributed by atoms with Crippen molar-refractivity contribution >= 4 is 10.0 Å². The molecule has 1 aromatic heterocycles. The van der Waals surface area contributed by atoms with Gasteiger partial charge in [-0.1, -0.05) is 0 Å². The van der Waals surface area contributed by atoms with Crippen LogP contribution < -0.4 is 0 Å². The fourth-order valence-corrected chi connectivity index (χ4v) is 4.82. The smallest absolute Gasteiger partial charge is 0.243 e. The van der Waals surface area contributed by atoms with Crippen molar-refractivity contribution in [3.63, 3.8) is 0 Å². The molecule has 1 aromatic carbocycles. The number of halogens is 1. The minimum Gasteiger partial charge on any atom is -0.346 e. The molecule has 1 aliphatic rings. The van der Waals surface area contributed by atoms with Crippen molar-refractivity contribution in [1.29, 1.82) is 0 Å². The predicted octanol–water partition coefficient (Wildman–Crippen LogP) is 3.27. The Bertz CT molecular complexity index is 769. The fourth-order valence-electron chi connectivity index (χ4n) is 3.35. The first-order valence-corrected chi connectivity index (χ1v) is 9.24. The summed E-state index contributed by atoms with van der Waals surface area (Å²) >= 11 is 0. The minimum absolute atomic E-state index is 0.158. The van der Waals surface area contributed by atoms with E-state index in [1.807, 2.05) is 0 Å². The summed E-state index contributed by atoms with van der Waals surface area (Å²) in [4.78, 5) is 0.158. The van der Waals surface area contributed by atoms with Crippen molar-refractivity contribution in [2.45, 2.75) is 37.6 Å². The first-order chi connectivity index (χ1) is 10.9. The van der Waals surface area contributed by atoms with Crippen LogP contribution in [0.5, 0.6) is 0 Å². The van der Waals surface area contributed by atoms with Gasteiger partial charge in [0.05, 0.1) is 4.90 Å². The monoisotopic (exact) mass is 336 g/mol. The van der Waals surface area contributed by atoms with E-state index in [1.165, 1.54) is 40.0 Å². The van der Waals surface area contributed by atoms with E-state index in [-0.39, 0.29) is 4.90 Å². The zero-order chi connectivity index (χ0) is 16.6. The molecule has 2 aromatic rings. The number of sulfonamides is 1. The van der Waals surface area contributed by atoms with Gasteiger partial charge in [-0.2, -0.15) is 4.31 Å². The van der Waals surface area contributed by atoms with Crippen LogP contribution in [0.2, 0.25) is 0 Å². The quantitative estimate of drug-likeness (QED) is 0.863. The summed E-state index contributed by atoms with van der Waals surface area (Å²) in [6, 6.07) is 9.56. The third kappa shape index (κ3) is 3.05. The lowest BCUT2D eigenvalue weighted by Gasteiger charge is -2.33. The molecule has 0 atom stereocenters. The molecule has 0 saturated carbocycles. The van der Waals surface area contributed by atoms with Gasteiger partial charge in [0, 0.05) is 30.5 Å². The second kappa shape index (κ2) is 6.09. The number of aryl methyl sites for hydroxylation is 2. The topological polar surface area (TPSA) is 42.3 Å². The average Bonchev–Trinajstić information content (AvgIpc) is 2.87. The van der Waals surface area contributed by atoms with E-state index < -0.39 is 15.8 Å². The zero-order valence-corrected chi connectivity index (χ0v) is 14.2. The molecule has 6 heteroatoms. The average molecular weight is 336 g/mol. The summed E-state index contributed by atoms with van der Waals surface area (Å²) in [5.74, 6) is -0.429. The summed E-state index contributed by atoms with van der Waals surface area (Å²) < 4.78 is 42.0. The second-order valence-electron chi connectivity index (χ2n) is 6.08. The Morgan fingerprint density at radius 2 is 1.48 bits per heavy atom. The number of hydrogen-bond acceptors (Lipinski definition) is 2. The maximum Gasteiger partial charge on any atom is 0.243 e. The standard InChI is InChI=1S/C17H21FN2O2S/c1-13-3-4-14(2)20(13)16-9-11-19(12-10-16)23(21,22)17-7-5-15(18)6-8-17/h3-8,16H,9-12H2,1-2H3. The van der Waals surface area contributed by atoms with Crippen LogP contribution in [-0.2, 0) is 10.0 Å². The lowest BCUT2D eigenvalue weighted by atomic mass is 10.1. The van der Waals surface area contributed by atoms with Gasteiger partial charge < -0.3 is 4.57 Å². The number of piperidine rings is 1. The fraction of sp³-hybridized carbons (Fsp3) is 0.412. The van der Waals surface area contributed by atoms with Crippen molar-refractivity contribution in [1.82, 2.24) is 8.87 Å². The molecule has 1 aliphatic heterocycles. The lowest BCUT2D eigenvalue weighted by Crippen LogP contribution is -2.39. The van der Waals surface area contributed by atoms with Gasteiger partial charge in [-0.3, -0.25) is 0 Å². The Balaban J connectivity index is 1.75. The summed E-state index contributed by atoms with van der Waals surface area (Å²) in [6.07, 6.45) is 1.58. The van der Waals surface area contributed by atoms with Crippen molar-refractivity contribution in [2.75, 3.05) is 13.1 Å². The Labute approximate surface area is 136 Å². The van der Waals surface area contributed by atoms with Gasteiger partial charge in [0.15, 0.2) is 0 Å². The SMILES string of the molecule is Cc1ccc(C)n1C1CCN(S(=O)(=O)c2ccc(F)cc2)CC1. The molecular weight excluding hydrogens is 315 g/mol. The molecule has 3 rings (SSSR count). The summed E-state index contributed by atoms with van der Waals surface area (Å²) in [5.41, 5.74) is 2.42. The van der Waals surface area contributed by atoms with Crippen LogP contribution in [0.4, 0.5) is 4.39 Å². The molecule has 0 N–H and O–H groups in total. The number of nitrogens with zero attached hydrogens (tertiary/aromatic N) is 2. The van der Waals surface area contributed by atoms with Gasteiger partial charge in [-0.25, -0.2) is 12.8 Å². The Hall–Kier alpha value is -1.66. The number of aromatic nitrogens is 1. The van der Waals surface area contributed by atoms with E-state index >= 15 is 0 Å². The molecule has 0 unspecified atom stereocenters. The first kappa shape index (κ1) is 16.2. The summed E-state index contributed by atoms with van der Waals surface area (Å²) in [6.45, 7) is 5.13. The van der Waals surface area contributed by atoms with Crippen LogP contribution >= 0.6 is 0 Å². The Morgan fingerprint density at radius 1 is 0.957 bits per heavy atom. The molecule has 1 saturated heterocycles. The summed E-state index contributed by atoms with van der Waals surface area (Å²) in [7, 11) is -3.53. The predicted molar refractivity (Wildman–Crippen MR) is 87.3 cm³/mol. The van der Waals surface area contributed by atoms with Crippen LogP contribution in [0.15, 0.2) is 41.3 Å². The van der Waals surface area contributed by atoms with Crippen molar-refractivity contribution in [3.8, 4) is 0 Å². The van der Waals surface area contributed by atoms with Crippen molar-refractivity contribution in [3.05, 3.63) is 53.6 Å². The molecule has 0 aliphatic carbocycles. The van der Waals surface area contributed by atoms with Crippen LogP contribution in [0.1, 0.15) is 30.3 Å². The third-order valence-corrected chi connectivity index (χ3v) is 6.48. The highest BCUT2D eigenvalue weighted by Gasteiger charge is 2.30. The van der Waals surface area contributed by atoms with Crippen LogP contribution in [0.25, 0.3) is 0 Å². The van der Waals surface area contributed by atoms with E-state index in [1.54, 1.807) is 0 Å². The molecule has 0 spiro atoms. The largest absolute Gasteiger partial charge is 0.346 e. The minimum atomic E-state index is -3.53. The van der Waals surface area contributed by atoms with Gasteiger partial charge in [0.25, 0.3) is 0 Å². The molecule has 0 bridgehead atoms. The number of hydrogen-bond donors (Lipinski definition) is 0. The van der Waals surface area contributed by atoms with Gasteiger partial charge >= 0.3 is 0 Å². The number of benzene rings is 1. The van der Waals surface area contributed by atoms with E-state index in [4.69, 9.17) is 0 Å². The molecule has 0 radical (unpaired) electrons. The highest BCUT2D eigenvalue weighted by molar-refractivity contribution is 7.89. The molecular formula is C17H21FN2O2S. The maximum atomic E-state index is 13.0. The van der Waals surface area contributed by atoms with Gasteiger partial charge in [0.1, 0.15) is 5.82 Å². The van der Waals surface area contributed by atoms with E-state index in [0.29, 0.717) is 19.1 Å². The van der Waals surface area contributed by atoms with Crippen LogP contribution in [-0.4, -0.2) is 30.4 Å². The summed E-state index contributed by atoms with van der Waals surface area (Å²) in [5, 5.41) is 0. The highest BCUT2D eigenvalue weighted by Crippen LogP contribution is 2.29. The Kier molecular flexibility index (Phi) is 4.29. The van der Waals surface area contributed by atoms with Gasteiger partial charge in [0.2, 0.25) is 10.0 Å². The Morgan fingerprint density at radius 3 is 2.00 bits per heavy atom. The third-order valence-electron chi connectivity index (χ3n) is 4.57. The zero-order valence-electron chi connectivity index (χ0n) is 13.4. The van der Waals surface area contributed by atoms with Gasteiger partial charge in [-0.05, 0) is 63.1 Å². The van der Waals surface area contributed by atoms with E-state index in [2.05, 4.69) is 30.5 Å². The van der Waals surface area contributed by atoms with Gasteiger partial charge in [-0.15, -0.1) is 0 Å². The molecule has 1 fully saturated rings. The van der Waals surface area contributed by atoms with Crippen LogP contribution in [0, 0.1) is 19.7 Å². The second-order valence-corrected chi connectivity index (χ2v) is 8.01. The normalized spacial score (nSPS) is 17.5. The van der Waals surface area contributed by atoms with Crippen molar-refractivity contribution < 1.29 is 12.8 Å². The molecule has 23 heavy (non-hydrogen) atoms. The number of rotatable bonds is 3. The maximum absolute atomic E-state index is 13.0. The molecule has 2 heterocycles. The lowest BCUT2D eigenvalue weighted by molar-refractivity contribution is 0.270. The van der Waals surface area contributed by atoms with E-state index in [0.717, 1.165) is 12.8 Å². The molecule has 4 nitrogen and oxygen atoms in total. The first-order valence-electron chi connectivity index (χ1n) is 7.80. The van der Waals surface area contributed by atoms with E-state index in [9.17, 15) is 12.8 Å². The molecule has 124 valence electrons. The van der Waals surface area contributed by atoms with Crippen molar-refractivity contribution in [2.24, 2.45) is 0 Å². The highest BCUT2D eigenvalue weighted by atomic mass is 32.2.